The Morgan fingerprint density at radius 1 is 1.00 bits per heavy atom. The lowest BCUT2D eigenvalue weighted by atomic mass is 9.81. The summed E-state index contributed by atoms with van der Waals surface area (Å²) in [6, 6.07) is 17.5. The number of hydrogen-bond donors (Lipinski definition) is 1. The first-order chi connectivity index (χ1) is 10.3. The molecule has 0 amide bonds. The Morgan fingerprint density at radius 3 is 2.52 bits per heavy atom. The van der Waals surface area contributed by atoms with Crippen LogP contribution in [-0.4, -0.2) is 7.11 Å². The van der Waals surface area contributed by atoms with Gasteiger partial charge in [-0.2, -0.15) is 0 Å². The fraction of sp³-hybridized carbons (Fsp3) is 0.368. The van der Waals surface area contributed by atoms with Gasteiger partial charge in [-0.05, 0) is 36.0 Å². The van der Waals surface area contributed by atoms with E-state index in [4.69, 9.17) is 4.74 Å². The molecular formula is C19H23NO. The zero-order valence-electron chi connectivity index (χ0n) is 12.8. The number of fused-ring (bicyclic) bond motifs is 1. The second-order valence-corrected chi connectivity index (χ2v) is 5.85. The Hall–Kier alpha value is -1.80. The van der Waals surface area contributed by atoms with Gasteiger partial charge in [-0.3, -0.25) is 0 Å². The molecule has 0 fully saturated rings. The molecule has 0 aromatic heterocycles. The zero-order chi connectivity index (χ0) is 14.7. The van der Waals surface area contributed by atoms with Crippen molar-refractivity contribution < 1.29 is 4.74 Å². The third-order valence-electron chi connectivity index (χ3n) is 4.52. The SMILES string of the molecule is COc1ccccc1CNC1CCC(C)c2ccccc21. The van der Waals surface area contributed by atoms with Crippen LogP contribution in [0.2, 0.25) is 0 Å². The first-order valence-electron chi connectivity index (χ1n) is 7.73. The minimum Gasteiger partial charge on any atom is -0.496 e. The summed E-state index contributed by atoms with van der Waals surface area (Å²) in [6.45, 7) is 3.17. The fourth-order valence-corrected chi connectivity index (χ4v) is 3.30. The molecule has 0 saturated heterocycles. The lowest BCUT2D eigenvalue weighted by molar-refractivity contribution is 0.397. The van der Waals surface area contributed by atoms with Crippen molar-refractivity contribution in [2.75, 3.05) is 7.11 Å². The third kappa shape index (κ3) is 2.96. The molecule has 1 aliphatic carbocycles. The minimum absolute atomic E-state index is 0.447. The lowest BCUT2D eigenvalue weighted by Crippen LogP contribution is -2.26. The summed E-state index contributed by atoms with van der Waals surface area (Å²) >= 11 is 0. The molecule has 2 heteroatoms. The molecule has 0 radical (unpaired) electrons. The standard InChI is InChI=1S/C19H23NO/c1-14-11-12-18(17-9-5-4-8-16(14)17)20-13-15-7-3-6-10-19(15)21-2/h3-10,14,18,20H,11-13H2,1-2H3. The normalized spacial score (nSPS) is 20.9. The first-order valence-corrected chi connectivity index (χ1v) is 7.73. The van der Waals surface area contributed by atoms with Gasteiger partial charge >= 0.3 is 0 Å². The Labute approximate surface area is 127 Å². The molecule has 110 valence electrons. The van der Waals surface area contributed by atoms with E-state index in [-0.39, 0.29) is 0 Å². The highest BCUT2D eigenvalue weighted by molar-refractivity contribution is 5.36. The van der Waals surface area contributed by atoms with Crippen LogP contribution in [0, 0.1) is 0 Å². The summed E-state index contributed by atoms with van der Waals surface area (Å²) < 4.78 is 5.43. The average molecular weight is 281 g/mol. The Bertz CT molecular complexity index is 608. The highest BCUT2D eigenvalue weighted by atomic mass is 16.5. The van der Waals surface area contributed by atoms with Crippen molar-refractivity contribution in [3.8, 4) is 5.75 Å². The van der Waals surface area contributed by atoms with E-state index in [1.807, 2.05) is 12.1 Å². The summed E-state index contributed by atoms with van der Waals surface area (Å²) in [5, 5.41) is 3.71. The number of para-hydroxylation sites is 1. The van der Waals surface area contributed by atoms with E-state index in [1.165, 1.54) is 29.5 Å². The lowest BCUT2D eigenvalue weighted by Gasteiger charge is -2.30. The van der Waals surface area contributed by atoms with E-state index in [0.29, 0.717) is 12.0 Å². The molecule has 0 heterocycles. The van der Waals surface area contributed by atoms with Crippen molar-refractivity contribution in [3.63, 3.8) is 0 Å². The van der Waals surface area contributed by atoms with Gasteiger partial charge in [0, 0.05) is 18.2 Å². The van der Waals surface area contributed by atoms with E-state index in [9.17, 15) is 0 Å². The monoisotopic (exact) mass is 281 g/mol. The van der Waals surface area contributed by atoms with Gasteiger partial charge in [-0.25, -0.2) is 0 Å². The van der Waals surface area contributed by atoms with E-state index in [2.05, 4.69) is 48.6 Å². The molecule has 2 aromatic rings. The van der Waals surface area contributed by atoms with Crippen molar-refractivity contribution in [2.45, 2.75) is 38.3 Å². The van der Waals surface area contributed by atoms with Gasteiger partial charge in [0.15, 0.2) is 0 Å². The fourth-order valence-electron chi connectivity index (χ4n) is 3.30. The quantitative estimate of drug-likeness (QED) is 0.895. The van der Waals surface area contributed by atoms with Crippen LogP contribution in [0.25, 0.3) is 0 Å². The largest absolute Gasteiger partial charge is 0.496 e. The minimum atomic E-state index is 0.447. The summed E-state index contributed by atoms with van der Waals surface area (Å²) in [6.07, 6.45) is 2.45. The number of ether oxygens (including phenoxy) is 1. The van der Waals surface area contributed by atoms with Crippen LogP contribution in [0.5, 0.6) is 5.75 Å². The molecule has 2 atom stereocenters. The van der Waals surface area contributed by atoms with Gasteiger partial charge in [-0.15, -0.1) is 0 Å². The van der Waals surface area contributed by atoms with E-state index in [1.54, 1.807) is 7.11 Å². The van der Waals surface area contributed by atoms with E-state index >= 15 is 0 Å². The highest BCUT2D eigenvalue weighted by Crippen LogP contribution is 2.37. The maximum Gasteiger partial charge on any atom is 0.123 e. The number of benzene rings is 2. The van der Waals surface area contributed by atoms with Crippen LogP contribution in [0.3, 0.4) is 0 Å². The molecule has 1 aliphatic rings. The van der Waals surface area contributed by atoms with Gasteiger partial charge in [0.1, 0.15) is 5.75 Å². The van der Waals surface area contributed by atoms with Gasteiger partial charge < -0.3 is 10.1 Å². The van der Waals surface area contributed by atoms with Crippen LogP contribution in [-0.2, 0) is 6.54 Å². The average Bonchev–Trinajstić information content (AvgIpc) is 2.55. The van der Waals surface area contributed by atoms with Gasteiger partial charge in [0.2, 0.25) is 0 Å². The van der Waals surface area contributed by atoms with E-state index in [0.717, 1.165) is 12.3 Å². The van der Waals surface area contributed by atoms with Crippen molar-refractivity contribution in [2.24, 2.45) is 0 Å². The van der Waals surface area contributed by atoms with E-state index < -0.39 is 0 Å². The van der Waals surface area contributed by atoms with Crippen molar-refractivity contribution in [1.29, 1.82) is 0 Å². The molecular weight excluding hydrogens is 258 g/mol. The number of nitrogens with one attached hydrogen (secondary N) is 1. The molecule has 0 aliphatic heterocycles. The maximum absolute atomic E-state index is 5.43. The van der Waals surface area contributed by atoms with Crippen molar-refractivity contribution in [1.82, 2.24) is 5.32 Å². The molecule has 2 nitrogen and oxygen atoms in total. The molecule has 3 rings (SSSR count). The Morgan fingerprint density at radius 2 is 1.71 bits per heavy atom. The Balaban J connectivity index is 1.76. The predicted octanol–water partition coefficient (Wildman–Crippen LogP) is 4.42. The zero-order valence-corrected chi connectivity index (χ0v) is 12.8. The molecule has 0 saturated carbocycles. The summed E-state index contributed by atoms with van der Waals surface area (Å²) in [5.74, 6) is 1.63. The van der Waals surface area contributed by atoms with Gasteiger partial charge in [-0.1, -0.05) is 49.4 Å². The second-order valence-electron chi connectivity index (χ2n) is 5.85. The third-order valence-corrected chi connectivity index (χ3v) is 4.52. The predicted molar refractivity (Wildman–Crippen MR) is 86.7 cm³/mol. The highest BCUT2D eigenvalue weighted by Gasteiger charge is 2.23. The van der Waals surface area contributed by atoms with Crippen LogP contribution in [0.4, 0.5) is 0 Å². The Kier molecular flexibility index (Phi) is 4.26. The second kappa shape index (κ2) is 6.31. The van der Waals surface area contributed by atoms with Crippen LogP contribution < -0.4 is 10.1 Å². The summed E-state index contributed by atoms with van der Waals surface area (Å²) in [5.41, 5.74) is 4.18. The molecule has 0 bridgehead atoms. The summed E-state index contributed by atoms with van der Waals surface area (Å²) in [4.78, 5) is 0. The molecule has 1 N–H and O–H groups in total. The van der Waals surface area contributed by atoms with Crippen molar-refractivity contribution in [3.05, 3.63) is 65.2 Å². The molecule has 2 aromatic carbocycles. The van der Waals surface area contributed by atoms with Crippen LogP contribution in [0.15, 0.2) is 48.5 Å². The van der Waals surface area contributed by atoms with Crippen LogP contribution >= 0.6 is 0 Å². The maximum atomic E-state index is 5.43. The number of rotatable bonds is 4. The summed E-state index contributed by atoms with van der Waals surface area (Å²) in [7, 11) is 1.73. The van der Waals surface area contributed by atoms with Gasteiger partial charge in [0.05, 0.1) is 7.11 Å². The number of methoxy groups -OCH3 is 1. The van der Waals surface area contributed by atoms with Crippen molar-refractivity contribution >= 4 is 0 Å². The molecule has 2 unspecified atom stereocenters. The smallest absolute Gasteiger partial charge is 0.123 e. The molecule has 0 spiro atoms. The molecule has 21 heavy (non-hydrogen) atoms. The van der Waals surface area contributed by atoms with Gasteiger partial charge in [0.25, 0.3) is 0 Å². The number of hydrogen-bond acceptors (Lipinski definition) is 2. The topological polar surface area (TPSA) is 21.3 Å². The first kappa shape index (κ1) is 14.2. The van der Waals surface area contributed by atoms with Crippen LogP contribution in [0.1, 0.15) is 48.4 Å².